The molecule has 1 N–H and O–H groups in total. The number of hydrogen-bond donors (Lipinski definition) is 1. The van der Waals surface area contributed by atoms with Crippen LogP contribution in [0.5, 0.6) is 0 Å². The summed E-state index contributed by atoms with van der Waals surface area (Å²) in [5, 5.41) is 3.08. The summed E-state index contributed by atoms with van der Waals surface area (Å²) in [7, 11) is 1.87. The van der Waals surface area contributed by atoms with Crippen LogP contribution in [0, 0.1) is 5.92 Å². The molecule has 2 heterocycles. The van der Waals surface area contributed by atoms with Crippen LogP contribution in [0.25, 0.3) is 0 Å². The topological polar surface area (TPSA) is 43.3 Å². The Labute approximate surface area is 116 Å². The predicted molar refractivity (Wildman–Crippen MR) is 73.6 cm³/mol. The Kier molecular flexibility index (Phi) is 4.45. The zero-order valence-corrected chi connectivity index (χ0v) is 12.4. The second kappa shape index (κ2) is 5.89. The quantitative estimate of drug-likeness (QED) is 0.930. The van der Waals surface area contributed by atoms with Gasteiger partial charge in [-0.3, -0.25) is 4.79 Å². The molecule has 0 radical (unpaired) electrons. The lowest BCUT2D eigenvalue weighted by Gasteiger charge is -2.28. The third-order valence-corrected chi connectivity index (χ3v) is 3.97. The largest absolute Gasteiger partial charge is 0.381 e. The highest BCUT2D eigenvalue weighted by atomic mass is 79.9. The van der Waals surface area contributed by atoms with Gasteiger partial charge in [-0.2, -0.15) is 0 Å². The molecule has 1 aromatic heterocycles. The average molecular weight is 315 g/mol. The number of carbonyl (C=O) groups excluding carboxylic acids is 1. The Hall–Kier alpha value is -0.810. The van der Waals surface area contributed by atoms with E-state index in [1.807, 2.05) is 23.9 Å². The molecule has 1 amide bonds. The highest BCUT2D eigenvalue weighted by Gasteiger charge is 2.23. The number of hydrogen-bond acceptors (Lipinski definition) is 2. The van der Waals surface area contributed by atoms with Gasteiger partial charge in [-0.05, 0) is 47.7 Å². The Morgan fingerprint density at radius 1 is 1.56 bits per heavy atom. The van der Waals surface area contributed by atoms with Gasteiger partial charge in [0.25, 0.3) is 5.91 Å². The van der Waals surface area contributed by atoms with Crippen LogP contribution in [-0.4, -0.2) is 29.7 Å². The highest BCUT2D eigenvalue weighted by Crippen LogP contribution is 2.19. The van der Waals surface area contributed by atoms with E-state index in [9.17, 15) is 4.79 Å². The molecule has 1 aliphatic heterocycles. The second-order valence-corrected chi connectivity index (χ2v) is 5.78. The molecule has 18 heavy (non-hydrogen) atoms. The van der Waals surface area contributed by atoms with E-state index < -0.39 is 0 Å². The first-order valence-corrected chi connectivity index (χ1v) is 7.07. The Morgan fingerprint density at radius 2 is 2.22 bits per heavy atom. The number of aryl methyl sites for hydroxylation is 1. The zero-order chi connectivity index (χ0) is 13.1. The first-order valence-electron chi connectivity index (χ1n) is 6.28. The number of nitrogens with zero attached hydrogens (tertiary/aromatic N) is 1. The molecule has 1 fully saturated rings. The fraction of sp³-hybridized carbons (Fsp3) is 0.615. The number of amides is 1. The molecule has 0 spiro atoms. The summed E-state index contributed by atoms with van der Waals surface area (Å²) in [5.41, 5.74) is 0.681. The summed E-state index contributed by atoms with van der Waals surface area (Å²) in [6.45, 7) is 3.69. The SMILES string of the molecule is CC(NC(=O)c1cc(Br)cn1C)C1CCOCC1. The second-order valence-electron chi connectivity index (χ2n) is 4.87. The third kappa shape index (κ3) is 3.14. The summed E-state index contributed by atoms with van der Waals surface area (Å²) >= 11 is 3.38. The number of ether oxygens (including phenoxy) is 1. The molecule has 0 aliphatic carbocycles. The summed E-state index contributed by atoms with van der Waals surface area (Å²) in [4.78, 5) is 12.1. The third-order valence-electron chi connectivity index (χ3n) is 3.54. The van der Waals surface area contributed by atoms with Gasteiger partial charge in [-0.1, -0.05) is 0 Å². The zero-order valence-electron chi connectivity index (χ0n) is 10.8. The minimum absolute atomic E-state index is 0.0119. The Bertz CT molecular complexity index is 425. The summed E-state index contributed by atoms with van der Waals surface area (Å²) < 4.78 is 8.09. The van der Waals surface area contributed by atoms with E-state index in [-0.39, 0.29) is 11.9 Å². The fourth-order valence-corrected chi connectivity index (χ4v) is 2.89. The lowest BCUT2D eigenvalue weighted by atomic mass is 9.93. The van der Waals surface area contributed by atoms with Crippen LogP contribution in [0.1, 0.15) is 30.3 Å². The average Bonchev–Trinajstić information content (AvgIpc) is 2.69. The molecule has 1 aromatic rings. The van der Waals surface area contributed by atoms with Crippen molar-refractivity contribution in [3.63, 3.8) is 0 Å². The first-order chi connectivity index (χ1) is 8.58. The lowest BCUT2D eigenvalue weighted by molar-refractivity contribution is 0.0537. The lowest BCUT2D eigenvalue weighted by Crippen LogP contribution is -2.40. The Balaban J connectivity index is 1.96. The van der Waals surface area contributed by atoms with Gasteiger partial charge in [0.15, 0.2) is 0 Å². The van der Waals surface area contributed by atoms with Gasteiger partial charge in [0.1, 0.15) is 5.69 Å². The predicted octanol–water partition coefficient (Wildman–Crippen LogP) is 2.33. The van der Waals surface area contributed by atoms with Crippen molar-refractivity contribution in [3.8, 4) is 0 Å². The molecule has 1 atom stereocenters. The van der Waals surface area contributed by atoms with Gasteiger partial charge in [0.2, 0.25) is 0 Å². The van der Waals surface area contributed by atoms with Crippen molar-refractivity contribution < 1.29 is 9.53 Å². The van der Waals surface area contributed by atoms with E-state index in [2.05, 4.69) is 28.2 Å². The van der Waals surface area contributed by atoms with E-state index >= 15 is 0 Å². The van der Waals surface area contributed by atoms with Gasteiger partial charge in [-0.25, -0.2) is 0 Å². The van der Waals surface area contributed by atoms with Gasteiger partial charge in [-0.15, -0.1) is 0 Å². The van der Waals surface area contributed by atoms with Crippen LogP contribution < -0.4 is 5.32 Å². The molecule has 0 bridgehead atoms. The maximum Gasteiger partial charge on any atom is 0.268 e. The molecule has 1 unspecified atom stereocenters. The number of halogens is 1. The highest BCUT2D eigenvalue weighted by molar-refractivity contribution is 9.10. The number of aromatic nitrogens is 1. The maximum atomic E-state index is 12.1. The van der Waals surface area contributed by atoms with Gasteiger partial charge in [0.05, 0.1) is 0 Å². The van der Waals surface area contributed by atoms with Crippen molar-refractivity contribution in [2.75, 3.05) is 13.2 Å². The molecule has 0 saturated carbocycles. The van der Waals surface area contributed by atoms with Gasteiger partial charge < -0.3 is 14.6 Å². The van der Waals surface area contributed by atoms with Crippen LogP contribution in [0.2, 0.25) is 0 Å². The van der Waals surface area contributed by atoms with Crippen LogP contribution in [-0.2, 0) is 11.8 Å². The van der Waals surface area contributed by atoms with Crippen LogP contribution in [0.15, 0.2) is 16.7 Å². The molecule has 100 valence electrons. The van der Waals surface area contributed by atoms with Crippen LogP contribution in [0.3, 0.4) is 0 Å². The molecule has 1 aliphatic rings. The summed E-state index contributed by atoms with van der Waals surface area (Å²) in [5.74, 6) is 0.508. The number of nitrogens with one attached hydrogen (secondary N) is 1. The van der Waals surface area contributed by atoms with Crippen molar-refractivity contribution >= 4 is 21.8 Å². The van der Waals surface area contributed by atoms with E-state index in [1.54, 1.807) is 0 Å². The van der Waals surface area contributed by atoms with E-state index in [4.69, 9.17) is 4.74 Å². The fourth-order valence-electron chi connectivity index (χ4n) is 2.36. The van der Waals surface area contributed by atoms with Crippen molar-refractivity contribution in [1.82, 2.24) is 9.88 Å². The smallest absolute Gasteiger partial charge is 0.268 e. The monoisotopic (exact) mass is 314 g/mol. The molecule has 4 nitrogen and oxygen atoms in total. The van der Waals surface area contributed by atoms with E-state index in [1.165, 1.54) is 0 Å². The van der Waals surface area contributed by atoms with Crippen LogP contribution >= 0.6 is 15.9 Å². The van der Waals surface area contributed by atoms with Crippen LogP contribution in [0.4, 0.5) is 0 Å². The maximum absolute atomic E-state index is 12.1. The first kappa shape index (κ1) is 13.6. The van der Waals surface area contributed by atoms with Gasteiger partial charge >= 0.3 is 0 Å². The van der Waals surface area contributed by atoms with Crippen molar-refractivity contribution in [2.45, 2.75) is 25.8 Å². The number of rotatable bonds is 3. The normalized spacial score (nSPS) is 18.6. The molecule has 5 heteroatoms. The van der Waals surface area contributed by atoms with E-state index in [0.29, 0.717) is 11.6 Å². The van der Waals surface area contributed by atoms with Gasteiger partial charge in [0, 0.05) is 37.0 Å². The van der Waals surface area contributed by atoms with E-state index in [0.717, 1.165) is 30.5 Å². The Morgan fingerprint density at radius 3 is 2.78 bits per heavy atom. The van der Waals surface area contributed by atoms with Crippen molar-refractivity contribution in [1.29, 1.82) is 0 Å². The molecular weight excluding hydrogens is 296 g/mol. The molecule has 0 aromatic carbocycles. The molecular formula is C13H19BrN2O2. The van der Waals surface area contributed by atoms with Crippen molar-refractivity contribution in [3.05, 3.63) is 22.4 Å². The standard InChI is InChI=1S/C13H19BrN2O2/c1-9(10-3-5-18-6-4-10)15-13(17)12-7-11(14)8-16(12)2/h7-10H,3-6H2,1-2H3,(H,15,17). The number of carbonyl (C=O) groups is 1. The molecule has 2 rings (SSSR count). The minimum atomic E-state index is -0.0119. The molecule has 1 saturated heterocycles. The summed E-state index contributed by atoms with van der Waals surface area (Å²) in [6.07, 6.45) is 3.94. The van der Waals surface area contributed by atoms with Crippen molar-refractivity contribution in [2.24, 2.45) is 13.0 Å². The minimum Gasteiger partial charge on any atom is -0.381 e. The summed E-state index contributed by atoms with van der Waals surface area (Å²) in [6, 6.07) is 2.03.